The first-order chi connectivity index (χ1) is 10.1. The lowest BCUT2D eigenvalue weighted by Crippen LogP contribution is -2.22. The molecule has 6 nitrogen and oxygen atoms in total. The molecule has 0 unspecified atom stereocenters. The van der Waals surface area contributed by atoms with Crippen LogP contribution in [0.5, 0.6) is 0 Å². The van der Waals surface area contributed by atoms with Crippen molar-refractivity contribution in [3.8, 4) is 0 Å². The molecule has 3 aromatic rings. The average molecular weight is 285 g/mol. The summed E-state index contributed by atoms with van der Waals surface area (Å²) in [6.45, 7) is 6.91. The molecule has 0 saturated carbocycles. The van der Waals surface area contributed by atoms with Gasteiger partial charge in [-0.25, -0.2) is 9.50 Å². The van der Waals surface area contributed by atoms with E-state index in [4.69, 9.17) is 4.52 Å². The third kappa shape index (κ3) is 2.54. The van der Waals surface area contributed by atoms with Gasteiger partial charge in [-0.1, -0.05) is 5.16 Å². The first kappa shape index (κ1) is 13.8. The van der Waals surface area contributed by atoms with Crippen LogP contribution in [0.4, 0.5) is 0 Å². The van der Waals surface area contributed by atoms with Crippen LogP contribution in [0, 0.1) is 13.8 Å². The van der Waals surface area contributed by atoms with Crippen molar-refractivity contribution < 1.29 is 4.52 Å². The van der Waals surface area contributed by atoms with Crippen molar-refractivity contribution in [2.75, 3.05) is 7.05 Å². The summed E-state index contributed by atoms with van der Waals surface area (Å²) < 4.78 is 6.80. The van der Waals surface area contributed by atoms with Crippen molar-refractivity contribution >= 4 is 5.65 Å². The normalized spacial score (nSPS) is 13.2. The zero-order valence-corrected chi connectivity index (χ0v) is 12.7. The Hall–Kier alpha value is -2.21. The molecule has 0 N–H and O–H groups in total. The van der Waals surface area contributed by atoms with Gasteiger partial charge in [0.15, 0.2) is 5.65 Å². The minimum Gasteiger partial charge on any atom is -0.364 e. The van der Waals surface area contributed by atoms with E-state index in [1.54, 1.807) is 6.26 Å². The third-order valence-corrected chi connectivity index (χ3v) is 3.82. The quantitative estimate of drug-likeness (QED) is 0.737. The van der Waals surface area contributed by atoms with E-state index in [1.165, 1.54) is 0 Å². The van der Waals surface area contributed by atoms with E-state index in [-0.39, 0.29) is 6.04 Å². The standard InChI is InChI=1S/C15H19N5O/c1-10-7-11(2)20-15(17-10)13(8-16-20)9-19(4)12(3)14-5-6-21-18-14/h5-8,12H,9H2,1-4H3/t12-/m1/s1. The van der Waals surface area contributed by atoms with Gasteiger partial charge in [0.2, 0.25) is 0 Å². The molecule has 0 aliphatic carbocycles. The molecule has 1 atom stereocenters. The molecule has 0 saturated heterocycles. The Morgan fingerprint density at radius 3 is 2.90 bits per heavy atom. The van der Waals surface area contributed by atoms with Gasteiger partial charge in [-0.15, -0.1) is 0 Å². The van der Waals surface area contributed by atoms with Crippen molar-refractivity contribution in [1.82, 2.24) is 24.7 Å². The van der Waals surface area contributed by atoms with E-state index in [0.29, 0.717) is 0 Å². The van der Waals surface area contributed by atoms with Crippen molar-refractivity contribution in [1.29, 1.82) is 0 Å². The molecule has 0 aliphatic heterocycles. The van der Waals surface area contributed by atoms with Gasteiger partial charge in [-0.2, -0.15) is 5.10 Å². The highest BCUT2D eigenvalue weighted by molar-refractivity contribution is 5.47. The van der Waals surface area contributed by atoms with Crippen molar-refractivity contribution in [3.05, 3.63) is 47.2 Å². The molecule has 3 aromatic heterocycles. The van der Waals surface area contributed by atoms with Crippen molar-refractivity contribution in [2.45, 2.75) is 33.4 Å². The number of nitrogens with zero attached hydrogens (tertiary/aromatic N) is 5. The van der Waals surface area contributed by atoms with E-state index in [2.05, 4.69) is 34.1 Å². The minimum absolute atomic E-state index is 0.171. The molecule has 0 spiro atoms. The van der Waals surface area contributed by atoms with Gasteiger partial charge in [0, 0.05) is 29.6 Å². The Morgan fingerprint density at radius 1 is 1.38 bits per heavy atom. The second kappa shape index (κ2) is 5.29. The van der Waals surface area contributed by atoms with E-state index in [1.807, 2.05) is 36.7 Å². The molecule has 0 aromatic carbocycles. The smallest absolute Gasteiger partial charge is 0.159 e. The highest BCUT2D eigenvalue weighted by Gasteiger charge is 2.17. The molecule has 110 valence electrons. The van der Waals surface area contributed by atoms with E-state index >= 15 is 0 Å². The monoisotopic (exact) mass is 285 g/mol. The van der Waals surface area contributed by atoms with Gasteiger partial charge in [-0.05, 0) is 33.9 Å². The molecule has 3 rings (SSSR count). The second-order valence-electron chi connectivity index (χ2n) is 5.46. The van der Waals surface area contributed by atoms with Gasteiger partial charge < -0.3 is 4.52 Å². The maximum Gasteiger partial charge on any atom is 0.159 e. The Labute approximate surface area is 123 Å². The zero-order chi connectivity index (χ0) is 15.0. The van der Waals surface area contributed by atoms with Crippen LogP contribution in [0.1, 0.15) is 35.6 Å². The first-order valence-electron chi connectivity index (χ1n) is 6.97. The van der Waals surface area contributed by atoms with Gasteiger partial charge in [0.05, 0.1) is 12.2 Å². The van der Waals surface area contributed by atoms with Crippen LogP contribution in [-0.4, -0.2) is 31.7 Å². The van der Waals surface area contributed by atoms with Crippen LogP contribution in [0.3, 0.4) is 0 Å². The van der Waals surface area contributed by atoms with Gasteiger partial charge in [0.1, 0.15) is 12.0 Å². The summed E-state index contributed by atoms with van der Waals surface area (Å²) in [4.78, 5) is 6.81. The van der Waals surface area contributed by atoms with Gasteiger partial charge in [0.25, 0.3) is 0 Å². The molecule has 0 amide bonds. The fourth-order valence-electron chi connectivity index (χ4n) is 2.50. The fourth-order valence-corrected chi connectivity index (χ4v) is 2.50. The fraction of sp³-hybridized carbons (Fsp3) is 0.400. The Morgan fingerprint density at radius 2 is 2.19 bits per heavy atom. The maximum atomic E-state index is 4.92. The first-order valence-corrected chi connectivity index (χ1v) is 6.97. The predicted octanol–water partition coefficient (Wildman–Crippen LogP) is 2.53. The largest absolute Gasteiger partial charge is 0.364 e. The SMILES string of the molecule is Cc1cc(C)n2ncc(CN(C)[C@H](C)c3ccon3)c2n1. The number of hydrogen-bond acceptors (Lipinski definition) is 5. The zero-order valence-electron chi connectivity index (χ0n) is 12.7. The summed E-state index contributed by atoms with van der Waals surface area (Å²) in [7, 11) is 2.06. The van der Waals surface area contributed by atoms with Crippen LogP contribution in [0.25, 0.3) is 5.65 Å². The highest BCUT2D eigenvalue weighted by Crippen LogP contribution is 2.21. The Bertz CT molecular complexity index is 747. The third-order valence-electron chi connectivity index (χ3n) is 3.82. The molecular weight excluding hydrogens is 266 g/mol. The highest BCUT2D eigenvalue weighted by atomic mass is 16.5. The van der Waals surface area contributed by atoms with Gasteiger partial charge in [-0.3, -0.25) is 4.90 Å². The minimum atomic E-state index is 0.171. The summed E-state index contributed by atoms with van der Waals surface area (Å²) in [5, 5.41) is 8.43. The molecule has 6 heteroatoms. The van der Waals surface area contributed by atoms with Crippen LogP contribution < -0.4 is 0 Å². The summed E-state index contributed by atoms with van der Waals surface area (Å²) in [5.74, 6) is 0. The van der Waals surface area contributed by atoms with E-state index < -0.39 is 0 Å². The molecule has 21 heavy (non-hydrogen) atoms. The second-order valence-corrected chi connectivity index (χ2v) is 5.46. The topological polar surface area (TPSA) is 59.5 Å². The molecular formula is C15H19N5O. The Balaban J connectivity index is 1.88. The number of rotatable bonds is 4. The van der Waals surface area contributed by atoms with E-state index in [9.17, 15) is 0 Å². The van der Waals surface area contributed by atoms with Crippen LogP contribution in [-0.2, 0) is 6.54 Å². The molecule has 0 aliphatic rings. The van der Waals surface area contributed by atoms with Crippen molar-refractivity contribution in [3.63, 3.8) is 0 Å². The number of fused-ring (bicyclic) bond motifs is 1. The summed E-state index contributed by atoms with van der Waals surface area (Å²) in [6, 6.07) is 4.10. The molecule has 0 bridgehead atoms. The van der Waals surface area contributed by atoms with Gasteiger partial charge >= 0.3 is 0 Å². The average Bonchev–Trinajstić information content (AvgIpc) is 3.08. The van der Waals surface area contributed by atoms with Crippen LogP contribution in [0.15, 0.2) is 29.1 Å². The summed E-state index contributed by atoms with van der Waals surface area (Å²) in [5.41, 5.74) is 5.06. The Kier molecular flexibility index (Phi) is 3.47. The lowest BCUT2D eigenvalue weighted by molar-refractivity contribution is 0.241. The summed E-state index contributed by atoms with van der Waals surface area (Å²) >= 11 is 0. The molecule has 3 heterocycles. The molecule has 0 fully saturated rings. The van der Waals surface area contributed by atoms with Crippen molar-refractivity contribution in [2.24, 2.45) is 0 Å². The van der Waals surface area contributed by atoms with E-state index in [0.717, 1.165) is 34.8 Å². The summed E-state index contributed by atoms with van der Waals surface area (Å²) in [6.07, 6.45) is 3.49. The number of aromatic nitrogens is 4. The maximum absolute atomic E-state index is 4.92. The predicted molar refractivity (Wildman–Crippen MR) is 78.8 cm³/mol. The van der Waals surface area contributed by atoms with Crippen LogP contribution >= 0.6 is 0 Å². The lowest BCUT2D eigenvalue weighted by Gasteiger charge is -2.22. The molecule has 0 radical (unpaired) electrons. The van der Waals surface area contributed by atoms with Crippen LogP contribution in [0.2, 0.25) is 0 Å². The number of hydrogen-bond donors (Lipinski definition) is 0. The lowest BCUT2D eigenvalue weighted by atomic mass is 10.2. The number of aryl methyl sites for hydroxylation is 2.